The Morgan fingerprint density at radius 1 is 0.397 bits per heavy atom. The van der Waals surface area contributed by atoms with Gasteiger partial charge >= 0.3 is 41.6 Å². The summed E-state index contributed by atoms with van der Waals surface area (Å²) in [5, 5.41) is 16.0. The van der Waals surface area contributed by atoms with E-state index >= 15 is 0 Å². The fourth-order valence-corrected chi connectivity index (χ4v) is 8.48. The van der Waals surface area contributed by atoms with Crippen molar-refractivity contribution in [1.82, 2.24) is 0 Å². The number of rotatable bonds is 6. The topological polar surface area (TPSA) is 0 Å². The van der Waals surface area contributed by atoms with Gasteiger partial charge in [-0.25, -0.2) is 0 Å². The van der Waals surface area contributed by atoms with Gasteiger partial charge in [-0.05, 0) is 79.2 Å². The van der Waals surface area contributed by atoms with Gasteiger partial charge in [-0.15, -0.1) is 69.1 Å². The largest absolute Gasteiger partial charge is 1.00 e. The minimum Gasteiger partial charge on any atom is -1.00 e. The van der Waals surface area contributed by atoms with Crippen LogP contribution in [0.1, 0.15) is 37.8 Å². The fourth-order valence-electron chi connectivity index (χ4n) is 8.48. The van der Waals surface area contributed by atoms with E-state index < -0.39 is 0 Å². The van der Waals surface area contributed by atoms with Gasteiger partial charge in [0.15, 0.2) is 0 Å². The summed E-state index contributed by atoms with van der Waals surface area (Å²) in [6.45, 7) is 9.15. The van der Waals surface area contributed by atoms with E-state index in [1.165, 1.54) is 134 Å². The summed E-state index contributed by atoms with van der Waals surface area (Å²) in [7, 11) is 0. The second-order valence-corrected chi connectivity index (χ2v) is 28.0. The monoisotopic (exact) mass is 974 g/mol. The van der Waals surface area contributed by atoms with Crippen molar-refractivity contribution in [3.05, 3.63) is 181 Å². The first-order chi connectivity index (χ1) is 27.4. The molecule has 0 nitrogen and oxygen atoms in total. The number of benzene rings is 8. The Bertz CT molecular complexity index is 2800. The molecule has 10 aromatic carbocycles. The maximum atomic E-state index is 2.39. The van der Waals surface area contributed by atoms with Crippen molar-refractivity contribution in [2.24, 2.45) is 0 Å². The molecule has 0 bridgehead atoms. The van der Waals surface area contributed by atoms with Crippen LogP contribution in [0, 0.1) is 0 Å². The normalized spacial score (nSPS) is 10.9. The quantitative estimate of drug-likeness (QED) is 0.0886. The smallest absolute Gasteiger partial charge is 1.00 e. The third-order valence-electron chi connectivity index (χ3n) is 10.8. The van der Waals surface area contributed by atoms with Gasteiger partial charge in [-0.2, -0.15) is 12.1 Å². The van der Waals surface area contributed by atoms with Gasteiger partial charge in [-0.1, -0.05) is 147 Å². The van der Waals surface area contributed by atoms with Crippen molar-refractivity contribution in [3.8, 4) is 22.3 Å². The van der Waals surface area contributed by atoms with Crippen LogP contribution in [0.15, 0.2) is 170 Å². The van der Waals surface area contributed by atoms with Crippen LogP contribution in [0.3, 0.4) is 0 Å². The molecule has 0 saturated heterocycles. The molecular weight excluding hydrogens is 926 g/mol. The first-order valence-corrected chi connectivity index (χ1v) is 28.0. The molecule has 0 atom stereocenters. The summed E-state index contributed by atoms with van der Waals surface area (Å²) < 4.78 is 0. The van der Waals surface area contributed by atoms with Crippen molar-refractivity contribution in [1.29, 1.82) is 0 Å². The van der Waals surface area contributed by atoms with Gasteiger partial charge in [0.05, 0.1) is 0 Å². The van der Waals surface area contributed by atoms with Gasteiger partial charge in [0, 0.05) is 0 Å². The molecule has 0 fully saturated rings. The molecule has 0 aliphatic carbocycles. The molecule has 4 heteroatoms. The third kappa shape index (κ3) is 8.97. The molecule has 288 valence electrons. The van der Waals surface area contributed by atoms with Crippen LogP contribution in [0.25, 0.3) is 86.9 Å². The first-order valence-electron chi connectivity index (χ1n) is 20.1. The summed E-state index contributed by atoms with van der Waals surface area (Å²) in [6, 6.07) is 62.6. The Morgan fingerprint density at radius 3 is 1.12 bits per heavy atom. The predicted molar refractivity (Wildman–Crippen MR) is 245 cm³/mol. The van der Waals surface area contributed by atoms with E-state index in [0.717, 1.165) is 12.8 Å². The van der Waals surface area contributed by atoms with Crippen molar-refractivity contribution < 1.29 is 47.8 Å². The predicted octanol–water partition coefficient (Wildman–Crippen LogP) is 9.76. The average Bonchev–Trinajstić information content (AvgIpc) is 3.84. The van der Waals surface area contributed by atoms with E-state index in [1.807, 2.05) is 0 Å². The van der Waals surface area contributed by atoms with E-state index in [1.54, 1.807) is 0 Å². The molecule has 0 amide bonds. The third-order valence-corrected chi connectivity index (χ3v) is 10.8. The molecule has 0 radical (unpaired) electrons. The maximum absolute atomic E-state index is 2.39. The van der Waals surface area contributed by atoms with Crippen molar-refractivity contribution in [2.45, 2.75) is 52.6 Å². The molecule has 0 heterocycles. The van der Waals surface area contributed by atoms with Crippen molar-refractivity contribution >= 4 is 70.1 Å². The van der Waals surface area contributed by atoms with Crippen molar-refractivity contribution in [2.75, 3.05) is 0 Å². The fraction of sp³-hybridized carbons (Fsp3) is 0.148. The van der Waals surface area contributed by atoms with Crippen LogP contribution in [0.2, 0.25) is 13.1 Å². The Hall–Kier alpha value is -4.31. The zero-order chi connectivity index (χ0) is 38.6. The number of aryl methyl sites for hydroxylation is 2. The standard InChI is InChI=1S/2C26H21.C2H6Si.2ClH.Hf/c2*1-2-8-18-15-19-10-7-14-24(25(19)16-18)26-17-20-9-3-4-11-21(20)22-12-5-6-13-23(22)26;1-3-2;;;/h2*3-7,9-17H,2,8H2,1H3;1-2H3;2*1H;/q2*-1;;;;+2/p-2. The number of halogens is 2. The van der Waals surface area contributed by atoms with E-state index in [2.05, 4.69) is 197 Å². The van der Waals surface area contributed by atoms with E-state index in [-0.39, 0.29) is 30.3 Å². The molecule has 0 spiro atoms. The summed E-state index contributed by atoms with van der Waals surface area (Å²) in [6.07, 6.45) is 4.66. The molecular formula is C54H48Cl2HfSi-2. The molecule has 0 saturated carbocycles. The second kappa shape index (κ2) is 19.6. The van der Waals surface area contributed by atoms with E-state index in [0.29, 0.717) is 0 Å². The van der Waals surface area contributed by atoms with Gasteiger partial charge in [0.1, 0.15) is 0 Å². The SMILES string of the molecule is CCCc1cc2c(-c3cc4ccccc4c4ccccc34)cccc2[cH-]1.CCCc1cc2c(-c3cc4ccccc4c4ccccc34)cccc2[cH-]1.C[Si](C)=[Hf+2].[Cl-].[Cl-]. The van der Waals surface area contributed by atoms with Gasteiger partial charge in [-0.3, -0.25) is 0 Å². The average molecular weight is 974 g/mol. The van der Waals surface area contributed by atoms with Crippen LogP contribution >= 0.6 is 0 Å². The number of hydrogen-bond acceptors (Lipinski definition) is 0. The Labute approximate surface area is 371 Å². The molecule has 10 aromatic rings. The molecule has 0 unspecified atom stereocenters. The van der Waals surface area contributed by atoms with E-state index in [4.69, 9.17) is 0 Å². The van der Waals surface area contributed by atoms with Gasteiger partial charge in [0.2, 0.25) is 0 Å². The first kappa shape index (κ1) is 43.3. The molecule has 0 aromatic heterocycles. The van der Waals surface area contributed by atoms with Crippen LogP contribution in [0.4, 0.5) is 0 Å². The van der Waals surface area contributed by atoms with Gasteiger partial charge in [0.25, 0.3) is 0 Å². The molecule has 0 aliphatic heterocycles. The summed E-state index contributed by atoms with van der Waals surface area (Å²) in [5.41, 5.74) is 8.49. The molecule has 10 rings (SSSR count). The Morgan fingerprint density at radius 2 is 0.741 bits per heavy atom. The number of hydrogen-bond donors (Lipinski definition) is 0. The number of fused-ring (bicyclic) bond motifs is 8. The summed E-state index contributed by atoms with van der Waals surface area (Å²) >= 11 is 1.45. The van der Waals surface area contributed by atoms with Crippen LogP contribution < -0.4 is 24.8 Å². The van der Waals surface area contributed by atoms with E-state index in [9.17, 15) is 0 Å². The second-order valence-electron chi connectivity index (χ2n) is 15.2. The minimum atomic E-state index is 0. The summed E-state index contributed by atoms with van der Waals surface area (Å²) in [4.78, 5) is 0. The van der Waals surface area contributed by atoms with Crippen LogP contribution in [-0.4, -0.2) is 5.49 Å². The molecule has 0 aliphatic rings. The zero-order valence-corrected chi connectivity index (χ0v) is 39.9. The Kier molecular flexibility index (Phi) is 14.6. The minimum absolute atomic E-state index is 0. The van der Waals surface area contributed by atoms with Crippen molar-refractivity contribution in [3.63, 3.8) is 0 Å². The summed E-state index contributed by atoms with van der Waals surface area (Å²) in [5.74, 6) is 0. The zero-order valence-electron chi connectivity index (χ0n) is 33.8. The Balaban J connectivity index is 0.000000174. The maximum Gasteiger partial charge on any atom is -1.00 e. The molecule has 0 N–H and O–H groups in total. The van der Waals surface area contributed by atoms with Crippen LogP contribution in [-0.2, 0) is 35.8 Å². The molecule has 58 heavy (non-hydrogen) atoms. The van der Waals surface area contributed by atoms with Crippen LogP contribution in [0.5, 0.6) is 0 Å². The van der Waals surface area contributed by atoms with Gasteiger partial charge < -0.3 is 24.8 Å².